The summed E-state index contributed by atoms with van der Waals surface area (Å²) < 4.78 is 11.5. The first-order chi connectivity index (χ1) is 15.7. The summed E-state index contributed by atoms with van der Waals surface area (Å²) in [4.78, 5) is 26.5. The van der Waals surface area contributed by atoms with Gasteiger partial charge in [0.05, 0.1) is 17.9 Å². The Kier molecular flexibility index (Phi) is 8.32. The van der Waals surface area contributed by atoms with E-state index in [2.05, 4.69) is 45.0 Å². The molecular weight excluding hydrogens is 454 g/mol. The van der Waals surface area contributed by atoms with Gasteiger partial charge in [-0.1, -0.05) is 87.2 Å². The lowest BCUT2D eigenvalue weighted by Crippen LogP contribution is -2.30. The van der Waals surface area contributed by atoms with Crippen LogP contribution < -0.4 is 4.74 Å². The molecule has 0 spiro atoms. The van der Waals surface area contributed by atoms with Crippen molar-refractivity contribution in [2.75, 3.05) is 13.2 Å². The number of amides is 1. The van der Waals surface area contributed by atoms with Crippen LogP contribution in [-0.4, -0.2) is 34.2 Å². The van der Waals surface area contributed by atoms with E-state index in [0.717, 1.165) is 11.1 Å². The van der Waals surface area contributed by atoms with E-state index in [1.807, 2.05) is 24.3 Å². The molecule has 33 heavy (non-hydrogen) atoms. The second-order valence-corrected chi connectivity index (χ2v) is 10.3. The molecule has 0 saturated carbocycles. The van der Waals surface area contributed by atoms with E-state index in [-0.39, 0.29) is 30.3 Å². The molecule has 0 aromatic heterocycles. The Morgan fingerprint density at radius 3 is 2.48 bits per heavy atom. The normalized spacial score (nSPS) is 15.3. The van der Waals surface area contributed by atoms with Gasteiger partial charge in [0.15, 0.2) is 0 Å². The molecule has 0 atom stereocenters. The van der Waals surface area contributed by atoms with Crippen LogP contribution in [0.15, 0.2) is 53.4 Å². The van der Waals surface area contributed by atoms with Gasteiger partial charge >= 0.3 is 5.97 Å². The average Bonchev–Trinajstić information content (AvgIpc) is 3.04. The van der Waals surface area contributed by atoms with Gasteiger partial charge in [0.2, 0.25) is 0 Å². The van der Waals surface area contributed by atoms with Crippen molar-refractivity contribution in [1.82, 2.24) is 4.90 Å². The third-order valence-electron chi connectivity index (χ3n) is 5.14. The van der Waals surface area contributed by atoms with Crippen molar-refractivity contribution in [2.24, 2.45) is 0 Å². The van der Waals surface area contributed by atoms with Gasteiger partial charge in [0.25, 0.3) is 5.91 Å². The highest BCUT2D eigenvalue weighted by Gasteiger charge is 2.32. The fourth-order valence-electron chi connectivity index (χ4n) is 3.26. The summed E-state index contributed by atoms with van der Waals surface area (Å²) in [5.74, 6) is 0.140. The summed E-state index contributed by atoms with van der Waals surface area (Å²) in [5, 5.41) is 0. The van der Waals surface area contributed by atoms with E-state index in [1.54, 1.807) is 13.0 Å². The van der Waals surface area contributed by atoms with Crippen LogP contribution in [0.2, 0.25) is 0 Å². The average molecular weight is 484 g/mol. The SMILES string of the molecule is CCOC(=O)CCN1C(=O)/C(=C\c2ccccc2OCc2ccc(C(C)(C)C)cc2)SC1=S. The molecule has 2 aromatic rings. The van der Waals surface area contributed by atoms with Gasteiger partial charge < -0.3 is 9.47 Å². The van der Waals surface area contributed by atoms with E-state index in [1.165, 1.54) is 22.2 Å². The van der Waals surface area contributed by atoms with E-state index in [9.17, 15) is 9.59 Å². The molecule has 2 aromatic carbocycles. The Labute approximate surface area is 205 Å². The van der Waals surface area contributed by atoms with Crippen LogP contribution in [0.5, 0.6) is 5.75 Å². The molecule has 3 rings (SSSR count). The largest absolute Gasteiger partial charge is 0.488 e. The molecule has 1 saturated heterocycles. The molecule has 1 aliphatic rings. The highest BCUT2D eigenvalue weighted by molar-refractivity contribution is 8.26. The van der Waals surface area contributed by atoms with E-state index >= 15 is 0 Å². The van der Waals surface area contributed by atoms with Gasteiger partial charge in [0, 0.05) is 12.1 Å². The van der Waals surface area contributed by atoms with Gasteiger partial charge in [-0.25, -0.2) is 0 Å². The molecule has 0 bridgehead atoms. The second-order valence-electron chi connectivity index (χ2n) is 8.66. The maximum Gasteiger partial charge on any atom is 0.307 e. The molecule has 0 radical (unpaired) electrons. The van der Waals surface area contributed by atoms with E-state index in [0.29, 0.717) is 28.2 Å². The van der Waals surface area contributed by atoms with Crippen LogP contribution >= 0.6 is 24.0 Å². The molecule has 7 heteroatoms. The fraction of sp³-hybridized carbons (Fsp3) is 0.346. The number of thioether (sulfide) groups is 1. The van der Waals surface area contributed by atoms with Gasteiger partial charge in [-0.3, -0.25) is 14.5 Å². The van der Waals surface area contributed by atoms with Crippen molar-refractivity contribution < 1.29 is 19.1 Å². The molecule has 1 aliphatic heterocycles. The number of esters is 1. The van der Waals surface area contributed by atoms with Crippen LogP contribution in [0.1, 0.15) is 50.8 Å². The minimum absolute atomic E-state index is 0.106. The Hall–Kier alpha value is -2.64. The third-order valence-corrected chi connectivity index (χ3v) is 6.52. The summed E-state index contributed by atoms with van der Waals surface area (Å²) >= 11 is 6.59. The van der Waals surface area contributed by atoms with Gasteiger partial charge in [-0.05, 0) is 35.6 Å². The van der Waals surface area contributed by atoms with Crippen LogP contribution in [-0.2, 0) is 26.3 Å². The van der Waals surface area contributed by atoms with Crippen LogP contribution in [0.4, 0.5) is 0 Å². The summed E-state index contributed by atoms with van der Waals surface area (Å²) in [6.45, 7) is 9.27. The van der Waals surface area contributed by atoms with Crippen molar-refractivity contribution in [3.8, 4) is 5.75 Å². The highest BCUT2D eigenvalue weighted by Crippen LogP contribution is 2.34. The molecule has 0 aliphatic carbocycles. The van der Waals surface area contributed by atoms with E-state index in [4.69, 9.17) is 21.7 Å². The Bertz CT molecular complexity index is 1050. The molecule has 5 nitrogen and oxygen atoms in total. The number of hydrogen-bond acceptors (Lipinski definition) is 6. The zero-order valence-corrected chi connectivity index (χ0v) is 21.1. The number of nitrogens with zero attached hydrogens (tertiary/aromatic N) is 1. The summed E-state index contributed by atoms with van der Waals surface area (Å²) in [7, 11) is 0. The Balaban J connectivity index is 1.69. The smallest absolute Gasteiger partial charge is 0.307 e. The molecule has 1 amide bonds. The number of benzene rings is 2. The molecule has 0 N–H and O–H groups in total. The number of carbonyl (C=O) groups is 2. The first-order valence-corrected chi connectivity index (χ1v) is 12.1. The second kappa shape index (κ2) is 11.0. The molecule has 0 unspecified atom stereocenters. The van der Waals surface area contributed by atoms with Gasteiger partial charge in [-0.2, -0.15) is 0 Å². The highest BCUT2D eigenvalue weighted by atomic mass is 32.2. The topological polar surface area (TPSA) is 55.8 Å². The first-order valence-electron chi connectivity index (χ1n) is 10.9. The third kappa shape index (κ3) is 6.68. The number of hydrogen-bond donors (Lipinski definition) is 0. The predicted molar refractivity (Wildman–Crippen MR) is 137 cm³/mol. The van der Waals surface area contributed by atoms with Gasteiger partial charge in [-0.15, -0.1) is 0 Å². The number of carbonyl (C=O) groups excluding carboxylic acids is 2. The lowest BCUT2D eigenvalue weighted by molar-refractivity contribution is -0.143. The van der Waals surface area contributed by atoms with Crippen LogP contribution in [0.25, 0.3) is 6.08 Å². The van der Waals surface area contributed by atoms with Gasteiger partial charge in [0.1, 0.15) is 16.7 Å². The van der Waals surface area contributed by atoms with Crippen molar-refractivity contribution in [3.63, 3.8) is 0 Å². The van der Waals surface area contributed by atoms with Crippen molar-refractivity contribution in [2.45, 2.75) is 46.1 Å². The minimum Gasteiger partial charge on any atom is -0.488 e. The van der Waals surface area contributed by atoms with E-state index < -0.39 is 0 Å². The van der Waals surface area contributed by atoms with Crippen LogP contribution in [0.3, 0.4) is 0 Å². The van der Waals surface area contributed by atoms with Crippen molar-refractivity contribution in [1.29, 1.82) is 0 Å². The summed E-state index contributed by atoms with van der Waals surface area (Å²) in [6, 6.07) is 16.0. The Morgan fingerprint density at radius 1 is 1.12 bits per heavy atom. The first kappa shape index (κ1) is 25.0. The number of thiocarbonyl (C=S) groups is 1. The minimum atomic E-state index is -0.343. The maximum atomic E-state index is 12.9. The Morgan fingerprint density at radius 2 is 1.82 bits per heavy atom. The summed E-state index contributed by atoms with van der Waals surface area (Å²) in [6.07, 6.45) is 1.91. The standard InChI is InChI=1S/C26H29NO4S2/c1-5-30-23(28)14-15-27-24(29)22(33-25(27)32)16-19-8-6-7-9-21(19)31-17-18-10-12-20(13-11-18)26(2,3)4/h6-13,16H,5,14-15,17H2,1-4H3/b22-16+. The zero-order chi connectivity index (χ0) is 24.0. The zero-order valence-electron chi connectivity index (χ0n) is 19.4. The monoisotopic (exact) mass is 483 g/mol. The number of para-hydroxylation sites is 1. The molecule has 1 fully saturated rings. The lowest BCUT2D eigenvalue weighted by atomic mass is 9.87. The summed E-state index contributed by atoms with van der Waals surface area (Å²) in [5.41, 5.74) is 3.25. The van der Waals surface area contributed by atoms with Crippen molar-refractivity contribution >= 4 is 46.3 Å². The van der Waals surface area contributed by atoms with Crippen molar-refractivity contribution in [3.05, 3.63) is 70.1 Å². The molecule has 1 heterocycles. The maximum absolute atomic E-state index is 12.9. The fourth-order valence-corrected chi connectivity index (χ4v) is 4.56. The molecule has 174 valence electrons. The molecular formula is C26H29NO4S2. The predicted octanol–water partition coefficient (Wildman–Crippen LogP) is 5.72. The number of rotatable bonds is 8. The van der Waals surface area contributed by atoms with Crippen LogP contribution in [0, 0.1) is 0 Å². The number of ether oxygens (including phenoxy) is 2. The lowest BCUT2D eigenvalue weighted by Gasteiger charge is -2.19. The quantitative estimate of drug-likeness (QED) is 0.272.